The molecule has 0 fully saturated rings. The Balaban J connectivity index is 2.72. The third-order valence-corrected chi connectivity index (χ3v) is 7.22. The van der Waals surface area contributed by atoms with Gasteiger partial charge in [0, 0.05) is 23.7 Å². The van der Waals surface area contributed by atoms with Crippen LogP contribution in [0.2, 0.25) is 5.02 Å². The smallest absolute Gasteiger partial charge is 0.341 e. The van der Waals surface area contributed by atoms with Gasteiger partial charge >= 0.3 is 5.97 Å². The van der Waals surface area contributed by atoms with Gasteiger partial charge in [0.05, 0.1) is 15.7 Å². The maximum Gasteiger partial charge on any atom is 0.341 e. The summed E-state index contributed by atoms with van der Waals surface area (Å²) in [5.41, 5.74) is 0.963. The molecule has 1 N–H and O–H groups in total. The number of rotatable bonds is 9. The predicted molar refractivity (Wildman–Crippen MR) is 120 cm³/mol. The Labute approximate surface area is 187 Å². The Morgan fingerprint density at radius 1 is 1.10 bits per heavy atom. The third kappa shape index (κ3) is 5.57. The van der Waals surface area contributed by atoms with E-state index < -0.39 is 27.7 Å². The highest BCUT2D eigenvalue weighted by Crippen LogP contribution is 2.35. The summed E-state index contributed by atoms with van der Waals surface area (Å²) in [7, 11) is -3.80. The second-order valence-electron chi connectivity index (χ2n) is 7.11. The van der Waals surface area contributed by atoms with Crippen LogP contribution < -0.4 is 4.74 Å². The normalized spacial score (nSPS) is 11.4. The molecule has 0 spiro atoms. The van der Waals surface area contributed by atoms with E-state index in [2.05, 4.69) is 0 Å². The van der Waals surface area contributed by atoms with Gasteiger partial charge in [-0.15, -0.1) is 0 Å². The minimum Gasteiger partial charge on any atom is -0.481 e. The lowest BCUT2D eigenvalue weighted by Crippen LogP contribution is -2.32. The monoisotopic (exact) mass is 467 g/mol. The van der Waals surface area contributed by atoms with Crippen molar-refractivity contribution >= 4 is 33.3 Å². The number of halogens is 1. The number of hydrogen-bond donors (Lipinski definition) is 1. The molecule has 0 bridgehead atoms. The molecule has 0 heterocycles. The topological polar surface area (TPSA) is 101 Å². The first kappa shape index (κ1) is 24.7. The largest absolute Gasteiger partial charge is 0.481 e. The molecule has 7 nitrogen and oxygen atoms in total. The van der Waals surface area contributed by atoms with Crippen LogP contribution in [0.15, 0.2) is 41.3 Å². The molecule has 0 unspecified atom stereocenters. The van der Waals surface area contributed by atoms with Gasteiger partial charge in [0.15, 0.2) is 16.4 Å². The summed E-state index contributed by atoms with van der Waals surface area (Å²) in [5.74, 6) is -1.28. The summed E-state index contributed by atoms with van der Waals surface area (Å²) in [6.45, 7) is 7.07. The summed E-state index contributed by atoms with van der Waals surface area (Å²) >= 11 is 6.12. The van der Waals surface area contributed by atoms with E-state index in [1.54, 1.807) is 36.9 Å². The summed E-state index contributed by atoms with van der Waals surface area (Å²) in [5, 5.41) is 8.55. The summed E-state index contributed by atoms with van der Waals surface area (Å²) in [4.78, 5) is 25.4. The van der Waals surface area contributed by atoms with Crippen LogP contribution in [0.4, 0.5) is 0 Å². The minimum atomic E-state index is -3.80. The molecule has 2 aromatic carbocycles. The van der Waals surface area contributed by atoms with Crippen molar-refractivity contribution < 1.29 is 27.9 Å². The number of nitrogens with zero attached hydrogens (tertiary/aromatic N) is 1. The van der Waals surface area contributed by atoms with Gasteiger partial charge in [0.25, 0.3) is 5.91 Å². The molecule has 0 radical (unpaired) electrons. The highest BCUT2D eigenvalue weighted by molar-refractivity contribution is 7.92. The highest BCUT2D eigenvalue weighted by atomic mass is 35.5. The molecule has 168 valence electrons. The van der Waals surface area contributed by atoms with Gasteiger partial charge in [-0.3, -0.25) is 4.79 Å². The van der Waals surface area contributed by atoms with Crippen LogP contribution in [-0.2, 0) is 14.6 Å². The zero-order valence-electron chi connectivity index (χ0n) is 17.9. The molecule has 0 aliphatic carbocycles. The number of carbonyl (C=O) groups is 2. The van der Waals surface area contributed by atoms with Crippen LogP contribution in [0.1, 0.15) is 38.1 Å². The van der Waals surface area contributed by atoms with Crippen molar-refractivity contribution in [1.29, 1.82) is 0 Å². The van der Waals surface area contributed by atoms with Crippen molar-refractivity contribution in [3.05, 3.63) is 47.0 Å². The van der Waals surface area contributed by atoms with E-state index in [9.17, 15) is 18.0 Å². The van der Waals surface area contributed by atoms with Crippen LogP contribution in [0.3, 0.4) is 0 Å². The van der Waals surface area contributed by atoms with E-state index in [1.807, 2.05) is 13.8 Å². The average molecular weight is 468 g/mol. The van der Waals surface area contributed by atoms with Crippen molar-refractivity contribution in [1.82, 2.24) is 4.90 Å². The molecule has 0 atom stereocenters. The van der Waals surface area contributed by atoms with Crippen molar-refractivity contribution in [2.45, 2.75) is 37.8 Å². The van der Waals surface area contributed by atoms with Crippen LogP contribution in [0.5, 0.6) is 5.75 Å². The van der Waals surface area contributed by atoms with Gasteiger partial charge < -0.3 is 14.7 Å². The van der Waals surface area contributed by atoms with Crippen LogP contribution in [0, 0.1) is 0 Å². The lowest BCUT2D eigenvalue weighted by atomic mass is 10.0. The third-order valence-electron chi connectivity index (χ3n) is 4.79. The molecule has 0 aliphatic rings. The van der Waals surface area contributed by atoms with Gasteiger partial charge in [-0.1, -0.05) is 17.7 Å². The standard InChI is InChI=1S/C22H26ClNO6S/c1-5-24(6-2)22(27)17-9-7-15(11-20(17)31(28,29)14(3)4)18-12-16(23)8-10-19(18)30-13-21(25)26/h7-12,14H,5-6,13H2,1-4H3,(H,25,26). The van der Waals surface area contributed by atoms with Crippen molar-refractivity contribution in [3.63, 3.8) is 0 Å². The van der Waals surface area contributed by atoms with Crippen LogP contribution >= 0.6 is 11.6 Å². The fourth-order valence-corrected chi connectivity index (χ4v) is 4.46. The van der Waals surface area contributed by atoms with Crippen LogP contribution in [0.25, 0.3) is 11.1 Å². The zero-order valence-corrected chi connectivity index (χ0v) is 19.5. The molecular formula is C22H26ClNO6S. The summed E-state index contributed by atoms with van der Waals surface area (Å²) < 4.78 is 31.6. The molecule has 0 saturated carbocycles. The van der Waals surface area contributed by atoms with E-state index in [0.717, 1.165) is 0 Å². The van der Waals surface area contributed by atoms with Crippen molar-refractivity contribution in [2.24, 2.45) is 0 Å². The van der Waals surface area contributed by atoms with E-state index >= 15 is 0 Å². The predicted octanol–water partition coefficient (Wildman–Crippen LogP) is 4.13. The maximum absolute atomic E-state index is 13.1. The van der Waals surface area contributed by atoms with E-state index in [0.29, 0.717) is 29.2 Å². The first-order valence-corrected chi connectivity index (χ1v) is 11.8. The Kier molecular flexibility index (Phi) is 8.08. The second kappa shape index (κ2) is 10.2. The lowest BCUT2D eigenvalue weighted by Gasteiger charge is -2.22. The van der Waals surface area contributed by atoms with E-state index in [-0.39, 0.29) is 22.1 Å². The van der Waals surface area contributed by atoms with Gasteiger partial charge in [-0.25, -0.2) is 13.2 Å². The first-order valence-electron chi connectivity index (χ1n) is 9.84. The van der Waals surface area contributed by atoms with Crippen LogP contribution in [-0.4, -0.2) is 55.2 Å². The number of carboxylic acids is 1. The number of ether oxygens (including phenoxy) is 1. The molecule has 2 aromatic rings. The number of amides is 1. The fourth-order valence-electron chi connectivity index (χ4n) is 3.03. The Bertz CT molecular complexity index is 1080. The van der Waals surface area contributed by atoms with E-state index in [1.165, 1.54) is 18.2 Å². The quantitative estimate of drug-likeness (QED) is 0.594. The van der Waals surface area contributed by atoms with E-state index in [4.69, 9.17) is 21.4 Å². The molecule has 1 amide bonds. The molecular weight excluding hydrogens is 442 g/mol. The number of carboxylic acid groups (broad SMARTS) is 1. The molecule has 9 heteroatoms. The molecule has 31 heavy (non-hydrogen) atoms. The minimum absolute atomic E-state index is 0.0824. The molecule has 0 saturated heterocycles. The Hall–Kier alpha value is -2.58. The summed E-state index contributed by atoms with van der Waals surface area (Å²) in [6, 6.07) is 9.14. The van der Waals surface area contributed by atoms with Crippen molar-refractivity contribution in [2.75, 3.05) is 19.7 Å². The average Bonchev–Trinajstić information content (AvgIpc) is 2.72. The maximum atomic E-state index is 13.1. The number of sulfone groups is 1. The Morgan fingerprint density at radius 3 is 2.29 bits per heavy atom. The zero-order chi connectivity index (χ0) is 23.3. The molecule has 2 rings (SSSR count). The number of carbonyl (C=O) groups excluding carboxylic acids is 1. The number of benzene rings is 2. The number of hydrogen-bond acceptors (Lipinski definition) is 5. The second-order valence-corrected chi connectivity index (χ2v) is 10.0. The van der Waals surface area contributed by atoms with Gasteiger partial charge in [0.1, 0.15) is 5.75 Å². The SMILES string of the molecule is CCN(CC)C(=O)c1ccc(-c2cc(Cl)ccc2OCC(=O)O)cc1S(=O)(=O)C(C)C. The highest BCUT2D eigenvalue weighted by Gasteiger charge is 2.28. The first-order chi connectivity index (χ1) is 14.5. The summed E-state index contributed by atoms with van der Waals surface area (Å²) in [6.07, 6.45) is 0. The molecule has 0 aromatic heterocycles. The fraction of sp³-hybridized carbons (Fsp3) is 0.364. The van der Waals surface area contributed by atoms with Gasteiger partial charge in [-0.05, 0) is 63.6 Å². The lowest BCUT2D eigenvalue weighted by molar-refractivity contribution is -0.139. The number of aliphatic carboxylic acids is 1. The Morgan fingerprint density at radius 2 is 1.74 bits per heavy atom. The van der Waals surface area contributed by atoms with Gasteiger partial charge in [-0.2, -0.15) is 0 Å². The van der Waals surface area contributed by atoms with Crippen molar-refractivity contribution in [3.8, 4) is 16.9 Å². The van der Waals surface area contributed by atoms with Gasteiger partial charge in [0.2, 0.25) is 0 Å². The molecule has 0 aliphatic heterocycles.